The normalized spacial score (nSPS) is 19.4. The van der Waals surface area contributed by atoms with Crippen molar-refractivity contribution in [3.8, 4) is 0 Å². The molecule has 92 valence electrons. The Morgan fingerprint density at radius 1 is 1.41 bits per heavy atom. The largest absolute Gasteiger partial charge is 0.445 e. The van der Waals surface area contributed by atoms with Gasteiger partial charge >= 0.3 is 6.09 Å². The zero-order chi connectivity index (χ0) is 12.1. The number of hydrogen-bond acceptors (Lipinski definition) is 3. The first-order valence-corrected chi connectivity index (χ1v) is 5.89. The van der Waals surface area contributed by atoms with Crippen molar-refractivity contribution >= 4 is 6.09 Å². The summed E-state index contributed by atoms with van der Waals surface area (Å²) >= 11 is 0. The molecular formula is C13H17NO3. The molecule has 1 aromatic rings. The highest BCUT2D eigenvalue weighted by Gasteiger charge is 2.28. The van der Waals surface area contributed by atoms with Crippen molar-refractivity contribution in [1.29, 1.82) is 0 Å². The van der Waals surface area contributed by atoms with Crippen LogP contribution in [0.1, 0.15) is 18.4 Å². The van der Waals surface area contributed by atoms with Gasteiger partial charge in [0.2, 0.25) is 0 Å². The number of carbonyl (C=O) groups is 1. The average molecular weight is 235 g/mol. The lowest BCUT2D eigenvalue weighted by Gasteiger charge is -2.22. The fourth-order valence-electron chi connectivity index (χ4n) is 2.07. The Morgan fingerprint density at radius 3 is 2.88 bits per heavy atom. The van der Waals surface area contributed by atoms with Gasteiger partial charge < -0.3 is 14.7 Å². The van der Waals surface area contributed by atoms with Gasteiger partial charge in [-0.05, 0) is 18.4 Å². The third-order valence-corrected chi connectivity index (χ3v) is 3.03. The van der Waals surface area contributed by atoms with E-state index in [0.29, 0.717) is 6.54 Å². The van der Waals surface area contributed by atoms with Crippen LogP contribution < -0.4 is 0 Å². The molecule has 1 aliphatic heterocycles. The summed E-state index contributed by atoms with van der Waals surface area (Å²) in [4.78, 5) is 13.4. The molecule has 2 rings (SSSR count). The molecule has 0 radical (unpaired) electrons. The fourth-order valence-corrected chi connectivity index (χ4v) is 2.07. The minimum absolute atomic E-state index is 0.0143. The molecule has 1 amide bonds. The molecule has 1 heterocycles. The lowest BCUT2D eigenvalue weighted by Crippen LogP contribution is -2.37. The molecule has 4 heteroatoms. The Morgan fingerprint density at radius 2 is 2.18 bits per heavy atom. The van der Waals surface area contributed by atoms with Gasteiger partial charge in [-0.25, -0.2) is 4.79 Å². The zero-order valence-corrected chi connectivity index (χ0v) is 9.71. The van der Waals surface area contributed by atoms with E-state index in [9.17, 15) is 4.79 Å². The maximum absolute atomic E-state index is 11.8. The van der Waals surface area contributed by atoms with Crippen LogP contribution >= 0.6 is 0 Å². The van der Waals surface area contributed by atoms with Crippen molar-refractivity contribution in [1.82, 2.24) is 4.90 Å². The summed E-state index contributed by atoms with van der Waals surface area (Å²) in [5.41, 5.74) is 0.973. The van der Waals surface area contributed by atoms with E-state index in [0.717, 1.165) is 18.4 Å². The van der Waals surface area contributed by atoms with Crippen LogP contribution in [0.5, 0.6) is 0 Å². The number of aliphatic hydroxyl groups is 1. The Bertz CT molecular complexity index is 366. The molecule has 1 aliphatic rings. The van der Waals surface area contributed by atoms with Crippen molar-refractivity contribution in [2.75, 3.05) is 13.2 Å². The number of rotatable bonds is 3. The second kappa shape index (κ2) is 5.68. The van der Waals surface area contributed by atoms with Crippen LogP contribution in [0.15, 0.2) is 30.3 Å². The van der Waals surface area contributed by atoms with Crippen molar-refractivity contribution in [2.45, 2.75) is 25.5 Å². The van der Waals surface area contributed by atoms with E-state index in [2.05, 4.69) is 0 Å². The van der Waals surface area contributed by atoms with Crippen molar-refractivity contribution in [3.63, 3.8) is 0 Å². The summed E-state index contributed by atoms with van der Waals surface area (Å²) in [6.45, 7) is 0.980. The predicted octanol–water partition coefficient (Wildman–Crippen LogP) is 1.78. The highest BCUT2D eigenvalue weighted by molar-refractivity contribution is 5.68. The summed E-state index contributed by atoms with van der Waals surface area (Å²) in [7, 11) is 0. The number of benzene rings is 1. The maximum Gasteiger partial charge on any atom is 0.410 e. The molecule has 1 fully saturated rings. The molecule has 1 aromatic carbocycles. The van der Waals surface area contributed by atoms with E-state index >= 15 is 0 Å². The molecule has 0 spiro atoms. The van der Waals surface area contributed by atoms with Crippen LogP contribution in [0.25, 0.3) is 0 Å². The first-order chi connectivity index (χ1) is 8.31. The Kier molecular flexibility index (Phi) is 3.98. The standard InChI is InChI=1S/C13H17NO3/c15-9-12-7-4-8-14(12)13(16)17-10-11-5-2-1-3-6-11/h1-3,5-6,12,15H,4,7-10H2/t12-/m0/s1. The van der Waals surface area contributed by atoms with Crippen molar-refractivity contribution < 1.29 is 14.6 Å². The SMILES string of the molecule is O=C(OCc1ccccc1)N1CCC[C@H]1CO. The lowest BCUT2D eigenvalue weighted by molar-refractivity contribution is 0.0795. The monoisotopic (exact) mass is 235 g/mol. The highest BCUT2D eigenvalue weighted by atomic mass is 16.6. The van der Waals surface area contributed by atoms with Crippen LogP contribution in [0, 0.1) is 0 Å². The molecular weight excluding hydrogens is 218 g/mol. The van der Waals surface area contributed by atoms with Gasteiger partial charge in [0.25, 0.3) is 0 Å². The van der Waals surface area contributed by atoms with Crippen LogP contribution in [0.4, 0.5) is 4.79 Å². The molecule has 1 N–H and O–H groups in total. The van der Waals surface area contributed by atoms with Gasteiger partial charge in [-0.3, -0.25) is 0 Å². The molecule has 17 heavy (non-hydrogen) atoms. The number of aliphatic hydroxyl groups excluding tert-OH is 1. The summed E-state index contributed by atoms with van der Waals surface area (Å²) in [6, 6.07) is 9.51. The quantitative estimate of drug-likeness (QED) is 0.868. The van der Waals surface area contributed by atoms with E-state index < -0.39 is 0 Å². The highest BCUT2D eigenvalue weighted by Crippen LogP contribution is 2.18. The Labute approximate surface area is 101 Å². The van der Waals surface area contributed by atoms with E-state index in [-0.39, 0.29) is 25.3 Å². The molecule has 1 atom stereocenters. The second-order valence-corrected chi connectivity index (χ2v) is 4.21. The summed E-state index contributed by atoms with van der Waals surface area (Å²) < 4.78 is 5.22. The van der Waals surface area contributed by atoms with Crippen LogP contribution in [0.2, 0.25) is 0 Å². The van der Waals surface area contributed by atoms with Gasteiger partial charge in [-0.15, -0.1) is 0 Å². The topological polar surface area (TPSA) is 49.8 Å². The number of ether oxygens (including phenoxy) is 1. The average Bonchev–Trinajstić information content (AvgIpc) is 2.85. The van der Waals surface area contributed by atoms with Gasteiger partial charge in [0.15, 0.2) is 0 Å². The first kappa shape index (κ1) is 11.9. The van der Waals surface area contributed by atoms with Crippen LogP contribution in [-0.2, 0) is 11.3 Å². The molecule has 0 aromatic heterocycles. The number of amides is 1. The molecule has 0 saturated carbocycles. The predicted molar refractivity (Wildman–Crippen MR) is 63.4 cm³/mol. The minimum Gasteiger partial charge on any atom is -0.445 e. The van der Waals surface area contributed by atoms with E-state index in [1.807, 2.05) is 30.3 Å². The van der Waals surface area contributed by atoms with Crippen molar-refractivity contribution in [2.24, 2.45) is 0 Å². The number of hydrogen-bond donors (Lipinski definition) is 1. The van der Waals surface area contributed by atoms with Crippen LogP contribution in [-0.4, -0.2) is 35.3 Å². The summed E-state index contributed by atoms with van der Waals surface area (Å²) in [6.07, 6.45) is 1.47. The van der Waals surface area contributed by atoms with Gasteiger partial charge in [-0.2, -0.15) is 0 Å². The minimum atomic E-state index is -0.328. The number of likely N-dealkylation sites (tertiary alicyclic amines) is 1. The maximum atomic E-state index is 11.8. The second-order valence-electron chi connectivity index (χ2n) is 4.21. The summed E-state index contributed by atoms with van der Waals surface area (Å²) in [5, 5.41) is 9.12. The van der Waals surface area contributed by atoms with E-state index in [1.54, 1.807) is 4.90 Å². The van der Waals surface area contributed by atoms with Crippen molar-refractivity contribution in [3.05, 3.63) is 35.9 Å². The smallest absolute Gasteiger partial charge is 0.410 e. The summed E-state index contributed by atoms with van der Waals surface area (Å²) in [5.74, 6) is 0. The third kappa shape index (κ3) is 2.97. The van der Waals surface area contributed by atoms with Crippen LogP contribution in [0.3, 0.4) is 0 Å². The number of nitrogens with zero attached hydrogens (tertiary/aromatic N) is 1. The van der Waals surface area contributed by atoms with E-state index in [4.69, 9.17) is 9.84 Å². The van der Waals surface area contributed by atoms with Gasteiger partial charge in [0.1, 0.15) is 6.61 Å². The first-order valence-electron chi connectivity index (χ1n) is 5.89. The third-order valence-electron chi connectivity index (χ3n) is 3.03. The van der Waals surface area contributed by atoms with Gasteiger partial charge in [-0.1, -0.05) is 30.3 Å². The Hall–Kier alpha value is -1.55. The number of carbonyl (C=O) groups excluding carboxylic acids is 1. The molecule has 0 bridgehead atoms. The Balaban J connectivity index is 1.85. The molecule has 1 saturated heterocycles. The van der Waals surface area contributed by atoms with Gasteiger partial charge in [0.05, 0.1) is 12.6 Å². The van der Waals surface area contributed by atoms with E-state index in [1.165, 1.54) is 0 Å². The molecule has 4 nitrogen and oxygen atoms in total. The lowest BCUT2D eigenvalue weighted by atomic mass is 10.2. The fraction of sp³-hybridized carbons (Fsp3) is 0.462. The van der Waals surface area contributed by atoms with Gasteiger partial charge in [0, 0.05) is 6.54 Å². The molecule has 0 aliphatic carbocycles. The zero-order valence-electron chi connectivity index (χ0n) is 9.71. The molecule has 0 unspecified atom stereocenters.